The zero-order chi connectivity index (χ0) is 27.5. The molecule has 0 aromatic heterocycles. The molecule has 1 aliphatic heterocycles. The summed E-state index contributed by atoms with van der Waals surface area (Å²) < 4.78 is 59.3. The minimum Gasteiger partial charge on any atom is -0.461 e. The molecule has 0 radical (unpaired) electrons. The Morgan fingerprint density at radius 2 is 1.33 bits per heavy atom. The van der Waals surface area contributed by atoms with E-state index in [1.165, 1.54) is 6.92 Å². The highest BCUT2D eigenvalue weighted by Crippen LogP contribution is 2.36. The molecule has 208 valence electrons. The summed E-state index contributed by atoms with van der Waals surface area (Å²) in [5, 5.41) is 0. The van der Waals surface area contributed by atoms with Crippen molar-refractivity contribution in [3.63, 3.8) is 0 Å². The van der Waals surface area contributed by atoms with Gasteiger partial charge in [0, 0.05) is 6.42 Å². The summed E-state index contributed by atoms with van der Waals surface area (Å²) in [6.07, 6.45) is -4.46. The van der Waals surface area contributed by atoms with Crippen LogP contribution in [0.5, 0.6) is 0 Å². The lowest BCUT2D eigenvalue weighted by molar-refractivity contribution is -0.263. The first-order valence-corrected chi connectivity index (χ1v) is 13.1. The number of hydrogen-bond acceptors (Lipinski definition) is 6. The number of alkyl halides is 2. The Morgan fingerprint density at radius 3 is 1.87 bits per heavy atom. The minimum absolute atomic E-state index is 0.0328. The van der Waals surface area contributed by atoms with Crippen LogP contribution in [0.15, 0.2) is 91.0 Å². The Labute approximate surface area is 227 Å². The zero-order valence-electron chi connectivity index (χ0n) is 21.9. The van der Waals surface area contributed by atoms with Gasteiger partial charge >= 0.3 is 11.9 Å². The van der Waals surface area contributed by atoms with Gasteiger partial charge in [0.1, 0.15) is 18.3 Å². The second-order valence-electron chi connectivity index (χ2n) is 9.34. The van der Waals surface area contributed by atoms with Gasteiger partial charge in [0.2, 0.25) is 0 Å². The SMILES string of the molecule is CCOC(=O)C(F)(F)[C@H]1C[C@@H](OCc2ccccc2)[C@@H](OCc2ccccc2)[C@@H](COCc2ccccc2)O1. The van der Waals surface area contributed by atoms with Crippen LogP contribution in [0.3, 0.4) is 0 Å². The molecule has 8 heteroatoms. The summed E-state index contributed by atoms with van der Waals surface area (Å²) in [7, 11) is 0. The molecule has 6 nitrogen and oxygen atoms in total. The summed E-state index contributed by atoms with van der Waals surface area (Å²) >= 11 is 0. The molecular weight excluding hydrogens is 506 g/mol. The number of rotatable bonds is 13. The third kappa shape index (κ3) is 8.16. The van der Waals surface area contributed by atoms with Crippen LogP contribution in [0.2, 0.25) is 0 Å². The van der Waals surface area contributed by atoms with Crippen molar-refractivity contribution >= 4 is 5.97 Å². The number of carbonyl (C=O) groups excluding carboxylic acids is 1. The lowest BCUT2D eigenvalue weighted by Gasteiger charge is -2.43. The molecule has 0 aliphatic carbocycles. The molecule has 3 aromatic carbocycles. The van der Waals surface area contributed by atoms with Crippen molar-refractivity contribution in [2.45, 2.75) is 63.5 Å². The molecule has 1 heterocycles. The first kappa shape index (κ1) is 28.8. The number of hydrogen-bond donors (Lipinski definition) is 0. The second kappa shape index (κ2) is 14.3. The molecule has 3 aromatic rings. The van der Waals surface area contributed by atoms with Gasteiger partial charge in [-0.25, -0.2) is 4.79 Å². The fourth-order valence-corrected chi connectivity index (χ4v) is 4.44. The normalized spacial score (nSPS) is 21.4. The molecule has 1 saturated heterocycles. The third-order valence-corrected chi connectivity index (χ3v) is 6.46. The van der Waals surface area contributed by atoms with E-state index in [2.05, 4.69) is 4.74 Å². The van der Waals surface area contributed by atoms with Gasteiger partial charge < -0.3 is 23.7 Å². The van der Waals surface area contributed by atoms with Crippen molar-refractivity contribution < 1.29 is 37.3 Å². The van der Waals surface area contributed by atoms with Gasteiger partial charge in [-0.05, 0) is 23.6 Å². The molecular formula is C31H34F2O6. The average Bonchev–Trinajstić information content (AvgIpc) is 2.97. The van der Waals surface area contributed by atoms with Gasteiger partial charge in [-0.15, -0.1) is 0 Å². The Hall–Kier alpha value is -3.17. The van der Waals surface area contributed by atoms with Crippen LogP contribution in [-0.2, 0) is 48.3 Å². The van der Waals surface area contributed by atoms with Crippen LogP contribution in [0, 0.1) is 0 Å². The van der Waals surface area contributed by atoms with Crippen LogP contribution < -0.4 is 0 Å². The van der Waals surface area contributed by atoms with Crippen molar-refractivity contribution in [1.29, 1.82) is 0 Å². The molecule has 0 bridgehead atoms. The Bertz CT molecular complexity index is 1130. The number of carbonyl (C=O) groups is 1. The van der Waals surface area contributed by atoms with E-state index in [4.69, 9.17) is 18.9 Å². The Kier molecular flexibility index (Phi) is 10.6. The summed E-state index contributed by atoms with van der Waals surface area (Å²) in [5.74, 6) is -5.49. The number of ether oxygens (including phenoxy) is 5. The standard InChI is InChI=1S/C31H34F2O6/c1-2-36-30(34)31(32,33)28-18-26(37-20-24-14-8-4-9-15-24)29(38-21-25-16-10-5-11-17-25)27(39-28)22-35-19-23-12-6-3-7-13-23/h3-17,26-29H,2,18-22H2,1H3/t26-,27-,28-,29-/m1/s1. The molecule has 0 unspecified atom stereocenters. The minimum atomic E-state index is -3.87. The first-order valence-electron chi connectivity index (χ1n) is 13.1. The van der Waals surface area contributed by atoms with Crippen molar-refractivity contribution in [3.05, 3.63) is 108 Å². The van der Waals surface area contributed by atoms with Crippen LogP contribution in [0.1, 0.15) is 30.0 Å². The van der Waals surface area contributed by atoms with E-state index >= 15 is 8.78 Å². The molecule has 1 fully saturated rings. The molecule has 0 amide bonds. The molecule has 1 aliphatic rings. The maximum atomic E-state index is 15.2. The quantitative estimate of drug-likeness (QED) is 0.258. The summed E-state index contributed by atoms with van der Waals surface area (Å²) in [6.45, 7) is 1.96. The molecule has 0 spiro atoms. The average molecular weight is 541 g/mol. The predicted octanol–water partition coefficient (Wildman–Crippen LogP) is 5.73. The summed E-state index contributed by atoms with van der Waals surface area (Å²) in [6, 6.07) is 28.5. The van der Waals surface area contributed by atoms with E-state index in [0.717, 1.165) is 16.7 Å². The fraction of sp³-hybridized carbons (Fsp3) is 0.387. The monoisotopic (exact) mass is 540 g/mol. The van der Waals surface area contributed by atoms with Gasteiger partial charge in [0.25, 0.3) is 0 Å². The van der Waals surface area contributed by atoms with Crippen molar-refractivity contribution in [1.82, 2.24) is 0 Å². The molecule has 0 saturated carbocycles. The first-order chi connectivity index (χ1) is 19.0. The Balaban J connectivity index is 1.56. The van der Waals surface area contributed by atoms with E-state index in [1.807, 2.05) is 91.0 Å². The van der Waals surface area contributed by atoms with Crippen molar-refractivity contribution in [3.8, 4) is 0 Å². The fourth-order valence-electron chi connectivity index (χ4n) is 4.44. The van der Waals surface area contributed by atoms with Gasteiger partial charge in [-0.1, -0.05) is 91.0 Å². The number of esters is 1. The molecule has 4 rings (SSSR count). The highest BCUT2D eigenvalue weighted by molar-refractivity contribution is 5.78. The predicted molar refractivity (Wildman–Crippen MR) is 141 cm³/mol. The summed E-state index contributed by atoms with van der Waals surface area (Å²) in [5.41, 5.74) is 2.74. The lowest BCUT2D eigenvalue weighted by atomic mass is 9.94. The van der Waals surface area contributed by atoms with Gasteiger partial charge in [-0.2, -0.15) is 8.78 Å². The van der Waals surface area contributed by atoms with Crippen molar-refractivity contribution in [2.75, 3.05) is 13.2 Å². The van der Waals surface area contributed by atoms with Gasteiger partial charge in [-0.3, -0.25) is 0 Å². The molecule has 0 N–H and O–H groups in total. The molecule has 4 atom stereocenters. The highest BCUT2D eigenvalue weighted by atomic mass is 19.3. The summed E-state index contributed by atoms with van der Waals surface area (Å²) in [4.78, 5) is 12.2. The number of halogens is 2. The van der Waals surface area contributed by atoms with E-state index < -0.39 is 36.3 Å². The van der Waals surface area contributed by atoms with E-state index in [1.54, 1.807) is 0 Å². The Morgan fingerprint density at radius 1 is 0.821 bits per heavy atom. The topological polar surface area (TPSA) is 63.2 Å². The van der Waals surface area contributed by atoms with Crippen LogP contribution >= 0.6 is 0 Å². The molecule has 39 heavy (non-hydrogen) atoms. The van der Waals surface area contributed by atoms with Gasteiger partial charge in [0.15, 0.2) is 0 Å². The van der Waals surface area contributed by atoms with Crippen LogP contribution in [0.4, 0.5) is 8.78 Å². The van der Waals surface area contributed by atoms with Crippen LogP contribution in [0.25, 0.3) is 0 Å². The maximum Gasteiger partial charge on any atom is 0.379 e. The lowest BCUT2D eigenvalue weighted by Crippen LogP contribution is -2.58. The highest BCUT2D eigenvalue weighted by Gasteiger charge is 2.55. The van der Waals surface area contributed by atoms with Crippen molar-refractivity contribution in [2.24, 2.45) is 0 Å². The maximum absolute atomic E-state index is 15.2. The van der Waals surface area contributed by atoms with E-state index in [0.29, 0.717) is 0 Å². The second-order valence-corrected chi connectivity index (χ2v) is 9.34. The van der Waals surface area contributed by atoms with E-state index in [9.17, 15) is 4.79 Å². The van der Waals surface area contributed by atoms with Crippen LogP contribution in [-0.4, -0.2) is 49.5 Å². The zero-order valence-corrected chi connectivity index (χ0v) is 21.9. The van der Waals surface area contributed by atoms with Gasteiger partial charge in [0.05, 0.1) is 39.1 Å². The smallest absolute Gasteiger partial charge is 0.379 e. The van der Waals surface area contributed by atoms with E-state index in [-0.39, 0.29) is 39.5 Å². The third-order valence-electron chi connectivity index (χ3n) is 6.46. The largest absolute Gasteiger partial charge is 0.461 e. The number of benzene rings is 3.